The summed E-state index contributed by atoms with van der Waals surface area (Å²) in [4.78, 5) is 36.2. The molecule has 1 aromatic rings. The Morgan fingerprint density at radius 2 is 1.78 bits per heavy atom. The molecule has 0 aliphatic heterocycles. The van der Waals surface area contributed by atoms with Gasteiger partial charge in [-0.1, -0.05) is 0 Å². The molecule has 0 aromatic carbocycles. The van der Waals surface area contributed by atoms with Crippen LogP contribution in [0.3, 0.4) is 0 Å². The third-order valence-electron chi connectivity index (χ3n) is 3.09. The number of azo groups is 1. The molecule has 1 heterocycles. The number of carbonyl (C=O) groups is 3. The van der Waals surface area contributed by atoms with E-state index in [4.69, 9.17) is 21.1 Å². The number of nitrogens with zero attached hydrogens (tertiary/aromatic N) is 2. The summed E-state index contributed by atoms with van der Waals surface area (Å²) in [6.07, 6.45) is 0. The minimum absolute atomic E-state index is 0.00974. The summed E-state index contributed by atoms with van der Waals surface area (Å²) < 4.78 is 14.4. The predicted molar refractivity (Wildman–Crippen MR) is 97.9 cm³/mol. The van der Waals surface area contributed by atoms with E-state index in [-0.39, 0.29) is 28.7 Å². The summed E-state index contributed by atoms with van der Waals surface area (Å²) >= 11 is 6.37. The highest BCUT2D eigenvalue weighted by Crippen LogP contribution is 2.37. The zero-order valence-corrected chi connectivity index (χ0v) is 16.8. The van der Waals surface area contributed by atoms with Gasteiger partial charge in [0.2, 0.25) is 5.70 Å². The maximum Gasteiger partial charge on any atom is 0.362 e. The van der Waals surface area contributed by atoms with Gasteiger partial charge in [-0.25, -0.2) is 14.4 Å². The minimum atomic E-state index is -0.932. The minimum Gasteiger partial charge on any atom is -0.508 e. The van der Waals surface area contributed by atoms with Gasteiger partial charge in [-0.2, -0.15) is 0 Å². The number of rotatable bonds is 8. The monoisotopic (exact) mass is 418 g/mol. The highest BCUT2D eigenvalue weighted by molar-refractivity contribution is 7.18. The number of hydrogen-bond donors (Lipinski definition) is 1. The van der Waals surface area contributed by atoms with E-state index in [1.807, 2.05) is 0 Å². The van der Waals surface area contributed by atoms with Crippen LogP contribution in [0.5, 0.6) is 0 Å². The van der Waals surface area contributed by atoms with Crippen LogP contribution in [-0.2, 0) is 19.0 Å². The number of alkyl halides is 1. The summed E-state index contributed by atoms with van der Waals surface area (Å²) in [5.41, 5.74) is -0.186. The maximum atomic E-state index is 12.2. The van der Waals surface area contributed by atoms with Crippen molar-refractivity contribution in [2.45, 2.75) is 20.8 Å². The number of thiophene rings is 1. The predicted octanol–water partition coefficient (Wildman–Crippen LogP) is 3.68. The summed E-state index contributed by atoms with van der Waals surface area (Å²) in [7, 11) is 1.20. The third-order valence-corrected chi connectivity index (χ3v) is 4.50. The van der Waals surface area contributed by atoms with Crippen molar-refractivity contribution in [1.82, 2.24) is 0 Å². The molecule has 0 unspecified atom stereocenters. The lowest BCUT2D eigenvalue weighted by molar-refractivity contribution is -0.138. The molecule has 0 radical (unpaired) electrons. The lowest BCUT2D eigenvalue weighted by atomic mass is 10.1. The van der Waals surface area contributed by atoms with Crippen LogP contribution >= 0.6 is 22.9 Å². The van der Waals surface area contributed by atoms with Crippen LogP contribution in [0.2, 0.25) is 0 Å². The zero-order chi connectivity index (χ0) is 20.6. The van der Waals surface area contributed by atoms with Crippen molar-refractivity contribution in [1.29, 1.82) is 0 Å². The van der Waals surface area contributed by atoms with Crippen molar-refractivity contribution in [3.63, 3.8) is 0 Å². The van der Waals surface area contributed by atoms with Crippen molar-refractivity contribution < 1.29 is 33.7 Å². The van der Waals surface area contributed by atoms with Gasteiger partial charge in [0.05, 0.1) is 26.2 Å². The Morgan fingerprint density at radius 3 is 2.30 bits per heavy atom. The molecular formula is C16H19ClN2O7S. The number of hydrogen-bond acceptors (Lipinski definition) is 10. The smallest absolute Gasteiger partial charge is 0.362 e. The molecule has 0 atom stereocenters. The van der Waals surface area contributed by atoms with Crippen LogP contribution in [0, 0.1) is 6.92 Å². The molecule has 0 saturated heterocycles. The summed E-state index contributed by atoms with van der Waals surface area (Å²) in [5, 5.41) is 17.3. The first kappa shape index (κ1) is 22.6. The number of halogens is 1. The molecular weight excluding hydrogens is 400 g/mol. The average molecular weight is 419 g/mol. The van der Waals surface area contributed by atoms with Crippen molar-refractivity contribution in [3.05, 3.63) is 27.5 Å². The Morgan fingerprint density at radius 1 is 1.15 bits per heavy atom. The quantitative estimate of drug-likeness (QED) is 0.170. The van der Waals surface area contributed by atoms with Gasteiger partial charge in [-0.05, 0) is 26.3 Å². The Balaban J connectivity index is 3.46. The van der Waals surface area contributed by atoms with Gasteiger partial charge in [-0.3, -0.25) is 0 Å². The van der Waals surface area contributed by atoms with Gasteiger partial charge in [0, 0.05) is 0 Å². The lowest BCUT2D eigenvalue weighted by Crippen LogP contribution is -2.09. The molecule has 27 heavy (non-hydrogen) atoms. The molecule has 0 saturated carbocycles. The first-order valence-electron chi connectivity index (χ1n) is 7.77. The van der Waals surface area contributed by atoms with Gasteiger partial charge in [0.25, 0.3) is 0 Å². The third kappa shape index (κ3) is 5.51. The fraction of sp³-hybridized carbons (Fsp3) is 0.438. The fourth-order valence-electron chi connectivity index (χ4n) is 1.87. The van der Waals surface area contributed by atoms with Crippen LogP contribution in [-0.4, -0.2) is 49.2 Å². The molecule has 0 aliphatic carbocycles. The van der Waals surface area contributed by atoms with Crippen LogP contribution in [0.4, 0.5) is 5.00 Å². The van der Waals surface area contributed by atoms with Crippen molar-refractivity contribution in [3.8, 4) is 0 Å². The highest BCUT2D eigenvalue weighted by atomic mass is 35.5. The van der Waals surface area contributed by atoms with Gasteiger partial charge in [0.15, 0.2) is 5.00 Å². The molecule has 0 amide bonds. The summed E-state index contributed by atoms with van der Waals surface area (Å²) in [6.45, 7) is 4.90. The van der Waals surface area contributed by atoms with Crippen molar-refractivity contribution >= 4 is 45.8 Å². The Hall–Kier alpha value is -2.46. The number of aliphatic hydroxyl groups is 1. The molecule has 0 fully saturated rings. The molecule has 0 aliphatic rings. The van der Waals surface area contributed by atoms with Crippen LogP contribution in [0.1, 0.15) is 39.4 Å². The molecule has 11 heteroatoms. The van der Waals surface area contributed by atoms with Crippen molar-refractivity contribution in [2.75, 3.05) is 26.2 Å². The normalized spacial score (nSPS) is 11.9. The van der Waals surface area contributed by atoms with E-state index in [0.29, 0.717) is 5.56 Å². The molecule has 0 spiro atoms. The molecule has 1 rings (SSSR count). The number of aliphatic hydroxyl groups excluding tert-OH is 1. The number of allylic oxidation sites excluding steroid dienone is 1. The number of ether oxygens (including phenoxy) is 3. The van der Waals surface area contributed by atoms with Crippen LogP contribution < -0.4 is 0 Å². The second-order valence-electron chi connectivity index (χ2n) is 4.80. The summed E-state index contributed by atoms with van der Waals surface area (Å²) in [6, 6.07) is 0. The first-order valence-corrected chi connectivity index (χ1v) is 9.13. The van der Waals surface area contributed by atoms with E-state index in [2.05, 4.69) is 15.0 Å². The van der Waals surface area contributed by atoms with Crippen LogP contribution in [0.15, 0.2) is 21.7 Å². The molecule has 9 nitrogen and oxygen atoms in total. The van der Waals surface area contributed by atoms with E-state index in [1.54, 1.807) is 13.8 Å². The standard InChI is InChI=1S/C16H19ClN2O7S/c1-5-25-14(21)10-8(3)12(16(23)24-4)27-13(10)19-18-11(9(20)7-17)15(22)26-6-2/h20H,5-7H2,1-4H3/b11-9-,19-18?. The topological polar surface area (TPSA) is 124 Å². The van der Waals surface area contributed by atoms with Gasteiger partial charge in [-0.15, -0.1) is 33.2 Å². The van der Waals surface area contributed by atoms with E-state index in [9.17, 15) is 19.5 Å². The van der Waals surface area contributed by atoms with Crippen molar-refractivity contribution in [2.24, 2.45) is 10.2 Å². The Kier molecular flexibility index (Phi) is 8.89. The van der Waals surface area contributed by atoms with E-state index < -0.39 is 35.2 Å². The maximum absolute atomic E-state index is 12.2. The summed E-state index contributed by atoms with van der Waals surface area (Å²) in [5.74, 6) is -3.24. The first-order chi connectivity index (χ1) is 12.8. The van der Waals surface area contributed by atoms with Gasteiger partial charge in [0.1, 0.15) is 16.2 Å². The SMILES string of the molecule is CCOC(=O)/C(N=Nc1sc(C(=O)OC)c(C)c1C(=O)OCC)=C(/O)CCl. The molecule has 148 valence electrons. The van der Waals surface area contributed by atoms with E-state index in [0.717, 1.165) is 11.3 Å². The van der Waals surface area contributed by atoms with Crippen LogP contribution in [0.25, 0.3) is 0 Å². The van der Waals surface area contributed by atoms with E-state index >= 15 is 0 Å². The second kappa shape index (κ2) is 10.6. The Labute approximate surface area is 164 Å². The number of carbonyl (C=O) groups excluding carboxylic acids is 3. The number of esters is 3. The molecule has 0 bridgehead atoms. The average Bonchev–Trinajstić information content (AvgIpc) is 2.97. The van der Waals surface area contributed by atoms with Gasteiger partial charge >= 0.3 is 17.9 Å². The largest absolute Gasteiger partial charge is 0.508 e. The van der Waals surface area contributed by atoms with Gasteiger partial charge < -0.3 is 19.3 Å². The number of methoxy groups -OCH3 is 1. The second-order valence-corrected chi connectivity index (χ2v) is 6.06. The Bertz CT molecular complexity index is 786. The zero-order valence-electron chi connectivity index (χ0n) is 15.2. The van der Waals surface area contributed by atoms with E-state index in [1.165, 1.54) is 14.0 Å². The fourth-order valence-corrected chi connectivity index (χ4v) is 3.04. The highest BCUT2D eigenvalue weighted by Gasteiger charge is 2.27. The lowest BCUT2D eigenvalue weighted by Gasteiger charge is -2.04. The molecule has 1 aromatic heterocycles. The molecule has 1 N–H and O–H groups in total.